The number of hydrogen-bond acceptors (Lipinski definition) is 4. The van der Waals surface area contributed by atoms with Crippen LogP contribution in [0.5, 0.6) is 5.75 Å². The van der Waals surface area contributed by atoms with Gasteiger partial charge < -0.3 is 5.11 Å². The number of benzene rings is 1. The van der Waals surface area contributed by atoms with Crippen molar-refractivity contribution in [3.8, 4) is 5.75 Å². The molecule has 2 aromatic rings. The van der Waals surface area contributed by atoms with E-state index >= 15 is 0 Å². The summed E-state index contributed by atoms with van der Waals surface area (Å²) in [6.45, 7) is 0. The minimum atomic E-state index is -0.383. The quantitative estimate of drug-likeness (QED) is 0.666. The number of hydrogen-bond donors (Lipinski definition) is 2. The number of halogens is 1. The van der Waals surface area contributed by atoms with E-state index in [2.05, 4.69) is 15.5 Å². The Morgan fingerprint density at radius 1 is 1.42 bits per heavy atom. The minimum absolute atomic E-state index is 0.0313. The number of hydrazone groups is 1. The SMILES string of the molecule is O=C(N/N=C/c1cc(Cl)ccc1O)c1cccnc1. The fourth-order valence-electron chi connectivity index (χ4n) is 1.35. The van der Waals surface area contributed by atoms with Crippen LogP contribution < -0.4 is 5.43 Å². The van der Waals surface area contributed by atoms with E-state index < -0.39 is 0 Å². The molecular weight excluding hydrogens is 266 g/mol. The van der Waals surface area contributed by atoms with Crippen LogP contribution >= 0.6 is 11.6 Å². The lowest BCUT2D eigenvalue weighted by atomic mass is 10.2. The number of carbonyl (C=O) groups excluding carboxylic acids is 1. The van der Waals surface area contributed by atoms with E-state index in [4.69, 9.17) is 11.6 Å². The molecule has 0 aliphatic rings. The molecule has 6 heteroatoms. The fourth-order valence-corrected chi connectivity index (χ4v) is 1.53. The van der Waals surface area contributed by atoms with Gasteiger partial charge in [-0.15, -0.1) is 0 Å². The monoisotopic (exact) mass is 275 g/mol. The Kier molecular flexibility index (Phi) is 4.10. The zero-order valence-corrected chi connectivity index (χ0v) is 10.5. The highest BCUT2D eigenvalue weighted by molar-refractivity contribution is 6.30. The number of amides is 1. The number of phenols is 1. The predicted molar refractivity (Wildman–Crippen MR) is 72.4 cm³/mol. The number of nitrogens with zero attached hydrogens (tertiary/aromatic N) is 2. The van der Waals surface area contributed by atoms with Gasteiger partial charge in [0.1, 0.15) is 5.75 Å². The summed E-state index contributed by atoms with van der Waals surface area (Å²) in [5.74, 6) is -0.352. The Bertz CT molecular complexity index is 615. The molecule has 0 radical (unpaired) electrons. The molecule has 2 N–H and O–H groups in total. The molecule has 0 aliphatic carbocycles. The molecule has 0 fully saturated rings. The lowest BCUT2D eigenvalue weighted by molar-refractivity contribution is 0.0954. The van der Waals surface area contributed by atoms with Crippen LogP contribution in [0.1, 0.15) is 15.9 Å². The van der Waals surface area contributed by atoms with E-state index in [0.717, 1.165) is 0 Å². The Hall–Kier alpha value is -2.40. The molecule has 19 heavy (non-hydrogen) atoms. The Morgan fingerprint density at radius 2 is 2.26 bits per heavy atom. The smallest absolute Gasteiger partial charge is 0.272 e. The van der Waals surface area contributed by atoms with Crippen LogP contribution in [0, 0.1) is 0 Å². The van der Waals surface area contributed by atoms with Gasteiger partial charge in [-0.2, -0.15) is 5.10 Å². The maximum Gasteiger partial charge on any atom is 0.272 e. The van der Waals surface area contributed by atoms with Gasteiger partial charge in [-0.25, -0.2) is 5.43 Å². The van der Waals surface area contributed by atoms with E-state index in [1.807, 2.05) is 0 Å². The summed E-state index contributed by atoms with van der Waals surface area (Å²) in [7, 11) is 0. The number of rotatable bonds is 3. The first-order valence-corrected chi connectivity index (χ1v) is 5.76. The molecule has 0 aliphatic heterocycles. The highest BCUT2D eigenvalue weighted by Crippen LogP contribution is 2.19. The van der Waals surface area contributed by atoms with Crippen molar-refractivity contribution in [2.24, 2.45) is 5.10 Å². The van der Waals surface area contributed by atoms with Crippen LogP contribution in [0.25, 0.3) is 0 Å². The van der Waals surface area contributed by atoms with E-state index in [-0.39, 0.29) is 11.7 Å². The fraction of sp³-hybridized carbons (Fsp3) is 0. The van der Waals surface area contributed by atoms with Crippen molar-refractivity contribution in [1.82, 2.24) is 10.4 Å². The number of pyridine rings is 1. The van der Waals surface area contributed by atoms with E-state index in [0.29, 0.717) is 16.1 Å². The molecule has 1 aromatic carbocycles. The van der Waals surface area contributed by atoms with Crippen molar-refractivity contribution in [3.05, 3.63) is 58.9 Å². The lowest BCUT2D eigenvalue weighted by Gasteiger charge is -2.00. The molecule has 0 unspecified atom stereocenters. The number of nitrogens with one attached hydrogen (secondary N) is 1. The van der Waals surface area contributed by atoms with Gasteiger partial charge in [-0.05, 0) is 30.3 Å². The molecule has 0 bridgehead atoms. The van der Waals surface area contributed by atoms with Crippen molar-refractivity contribution in [1.29, 1.82) is 0 Å². The van der Waals surface area contributed by atoms with E-state index in [1.54, 1.807) is 24.4 Å². The van der Waals surface area contributed by atoms with Gasteiger partial charge >= 0.3 is 0 Å². The lowest BCUT2D eigenvalue weighted by Crippen LogP contribution is -2.17. The first-order chi connectivity index (χ1) is 9.16. The second kappa shape index (κ2) is 5.97. The van der Waals surface area contributed by atoms with Crippen molar-refractivity contribution in [2.45, 2.75) is 0 Å². The molecule has 1 aromatic heterocycles. The maximum atomic E-state index is 11.6. The van der Waals surface area contributed by atoms with Gasteiger partial charge in [0, 0.05) is 23.0 Å². The highest BCUT2D eigenvalue weighted by Gasteiger charge is 2.03. The zero-order valence-electron chi connectivity index (χ0n) is 9.75. The topological polar surface area (TPSA) is 74.6 Å². The van der Waals surface area contributed by atoms with Crippen LogP contribution in [0.15, 0.2) is 47.8 Å². The minimum Gasteiger partial charge on any atom is -0.507 e. The van der Waals surface area contributed by atoms with E-state index in [9.17, 15) is 9.90 Å². The van der Waals surface area contributed by atoms with Gasteiger partial charge in [0.05, 0.1) is 11.8 Å². The zero-order chi connectivity index (χ0) is 13.7. The van der Waals surface area contributed by atoms with Crippen LogP contribution in [0.3, 0.4) is 0 Å². The van der Waals surface area contributed by atoms with E-state index in [1.165, 1.54) is 24.5 Å². The second-order valence-corrected chi connectivity index (χ2v) is 4.08. The summed E-state index contributed by atoms with van der Waals surface area (Å²) < 4.78 is 0. The van der Waals surface area contributed by atoms with Crippen LogP contribution in [0.2, 0.25) is 5.02 Å². The summed E-state index contributed by atoms with van der Waals surface area (Å²) in [5, 5.41) is 13.8. The summed E-state index contributed by atoms with van der Waals surface area (Å²) in [4.78, 5) is 15.5. The average Bonchev–Trinajstić information content (AvgIpc) is 2.43. The molecule has 0 saturated heterocycles. The molecule has 0 atom stereocenters. The first kappa shape index (κ1) is 13.0. The van der Waals surface area contributed by atoms with Crippen molar-refractivity contribution >= 4 is 23.7 Å². The van der Waals surface area contributed by atoms with Gasteiger partial charge in [0.15, 0.2) is 0 Å². The number of aromatic nitrogens is 1. The van der Waals surface area contributed by atoms with Gasteiger partial charge in [0.2, 0.25) is 0 Å². The molecule has 0 spiro atoms. The predicted octanol–water partition coefficient (Wildman–Crippen LogP) is 2.20. The average molecular weight is 276 g/mol. The summed E-state index contributed by atoms with van der Waals surface area (Å²) >= 11 is 5.79. The molecule has 1 amide bonds. The highest BCUT2D eigenvalue weighted by atomic mass is 35.5. The summed E-state index contributed by atoms with van der Waals surface area (Å²) in [6, 6.07) is 7.82. The van der Waals surface area contributed by atoms with Gasteiger partial charge in [-0.1, -0.05) is 11.6 Å². The summed E-state index contributed by atoms with van der Waals surface area (Å²) in [6.07, 6.45) is 4.32. The summed E-state index contributed by atoms with van der Waals surface area (Å²) in [5.41, 5.74) is 3.14. The third kappa shape index (κ3) is 3.53. The second-order valence-electron chi connectivity index (χ2n) is 3.64. The Labute approximate surface area is 114 Å². The molecular formula is C13H10ClN3O2. The van der Waals surface area contributed by atoms with Crippen LogP contribution in [-0.2, 0) is 0 Å². The maximum absolute atomic E-state index is 11.6. The number of aromatic hydroxyl groups is 1. The standard InChI is InChI=1S/C13H10ClN3O2/c14-11-3-4-12(18)10(6-11)8-16-17-13(19)9-2-1-5-15-7-9/h1-8,18H,(H,17,19)/b16-8+. The molecule has 1 heterocycles. The largest absolute Gasteiger partial charge is 0.507 e. The Balaban J connectivity index is 2.04. The Morgan fingerprint density at radius 3 is 3.00 bits per heavy atom. The van der Waals surface area contributed by atoms with Crippen LogP contribution in [0.4, 0.5) is 0 Å². The molecule has 5 nitrogen and oxygen atoms in total. The third-order valence-corrected chi connectivity index (χ3v) is 2.52. The molecule has 2 rings (SSSR count). The van der Waals surface area contributed by atoms with Crippen molar-refractivity contribution in [2.75, 3.05) is 0 Å². The number of phenolic OH excluding ortho intramolecular Hbond substituents is 1. The van der Waals surface area contributed by atoms with Gasteiger partial charge in [-0.3, -0.25) is 9.78 Å². The van der Waals surface area contributed by atoms with Crippen molar-refractivity contribution in [3.63, 3.8) is 0 Å². The van der Waals surface area contributed by atoms with Crippen molar-refractivity contribution < 1.29 is 9.90 Å². The first-order valence-electron chi connectivity index (χ1n) is 5.39. The third-order valence-electron chi connectivity index (χ3n) is 2.28. The van der Waals surface area contributed by atoms with Gasteiger partial charge in [0.25, 0.3) is 5.91 Å². The normalized spacial score (nSPS) is 10.6. The van der Waals surface area contributed by atoms with Crippen LogP contribution in [-0.4, -0.2) is 22.2 Å². The molecule has 0 saturated carbocycles. The molecule has 96 valence electrons. The number of carbonyl (C=O) groups is 1.